The second-order valence-corrected chi connectivity index (χ2v) is 18.5. The zero-order chi connectivity index (χ0) is 57.4. The summed E-state index contributed by atoms with van der Waals surface area (Å²) < 4.78 is 49.6. The minimum absolute atomic E-state index is 0.0195. The van der Waals surface area contributed by atoms with E-state index in [0.717, 1.165) is 9.80 Å². The van der Waals surface area contributed by atoms with Crippen LogP contribution in [0.5, 0.6) is 0 Å². The average Bonchev–Trinajstić information content (AvgIpc) is 3.42. The van der Waals surface area contributed by atoms with Crippen molar-refractivity contribution in [2.24, 2.45) is 5.92 Å². The molecular formula is C48H83N7O23. The Balaban J connectivity index is 1.42. The lowest BCUT2D eigenvalue weighted by Gasteiger charge is -2.42. The normalized spacial score (nSPS) is 26.5. The highest BCUT2D eigenvalue weighted by molar-refractivity contribution is 5.93. The number of carbonyl (C=O) groups excluding carboxylic acids is 8. The lowest BCUT2D eigenvalue weighted by molar-refractivity contribution is -0.272. The van der Waals surface area contributed by atoms with Gasteiger partial charge in [-0.15, -0.1) is 0 Å². The first-order chi connectivity index (χ1) is 37.5. The van der Waals surface area contributed by atoms with Gasteiger partial charge in [0.15, 0.2) is 12.6 Å². The van der Waals surface area contributed by atoms with Crippen molar-refractivity contribution in [3.05, 3.63) is 0 Å². The molecule has 30 nitrogen and oxygen atoms in total. The van der Waals surface area contributed by atoms with Gasteiger partial charge >= 0.3 is 0 Å². The molecule has 11 atom stereocenters. The Labute approximate surface area is 452 Å². The molecule has 448 valence electrons. The summed E-state index contributed by atoms with van der Waals surface area (Å²) in [6, 6.07) is -3.23. The number of aldehydes is 2. The average molecular weight is 1130 g/mol. The molecule has 3 fully saturated rings. The number of amides is 6. The fourth-order valence-electron chi connectivity index (χ4n) is 8.64. The number of carbonyl (C=O) groups is 8. The molecule has 0 aromatic rings. The number of likely N-dealkylation sites (N-methyl/N-ethyl adjacent to an activating group) is 1. The third kappa shape index (κ3) is 23.7. The second-order valence-electron chi connectivity index (χ2n) is 18.5. The van der Waals surface area contributed by atoms with Gasteiger partial charge in [0.2, 0.25) is 35.4 Å². The summed E-state index contributed by atoms with van der Waals surface area (Å²) in [5.41, 5.74) is 0. The highest BCUT2D eigenvalue weighted by atomic mass is 16.7. The van der Waals surface area contributed by atoms with Gasteiger partial charge < -0.3 is 119 Å². The van der Waals surface area contributed by atoms with Gasteiger partial charge in [-0.25, -0.2) is 0 Å². The number of rotatable bonds is 39. The van der Waals surface area contributed by atoms with Crippen molar-refractivity contribution in [2.75, 3.05) is 133 Å². The van der Waals surface area contributed by atoms with Crippen LogP contribution in [0.15, 0.2) is 0 Å². The Morgan fingerprint density at radius 1 is 0.641 bits per heavy atom. The van der Waals surface area contributed by atoms with E-state index in [1.54, 1.807) is 14.2 Å². The van der Waals surface area contributed by atoms with E-state index in [1.807, 2.05) is 0 Å². The highest BCUT2D eigenvalue weighted by Crippen LogP contribution is 2.27. The Hall–Kier alpha value is -4.48. The maximum absolute atomic E-state index is 14.0. The molecule has 0 aromatic carbocycles. The van der Waals surface area contributed by atoms with Gasteiger partial charge in [0.1, 0.15) is 67.8 Å². The Morgan fingerprint density at radius 2 is 1.10 bits per heavy atom. The number of hydrogen-bond acceptors (Lipinski definition) is 24. The lowest BCUT2D eigenvalue weighted by atomic mass is 9.86. The van der Waals surface area contributed by atoms with Crippen molar-refractivity contribution in [1.82, 2.24) is 36.4 Å². The van der Waals surface area contributed by atoms with Gasteiger partial charge in [-0.3, -0.25) is 28.8 Å². The van der Waals surface area contributed by atoms with Crippen LogP contribution in [0.25, 0.3) is 0 Å². The molecule has 2 aliphatic heterocycles. The zero-order valence-electron chi connectivity index (χ0n) is 44.6. The molecule has 2 saturated heterocycles. The third-order valence-electron chi connectivity index (χ3n) is 12.9. The molecule has 3 aliphatic rings. The summed E-state index contributed by atoms with van der Waals surface area (Å²) in [5.74, 6) is -4.23. The summed E-state index contributed by atoms with van der Waals surface area (Å²) in [4.78, 5) is 104. The van der Waals surface area contributed by atoms with Crippen LogP contribution in [0.4, 0.5) is 0 Å². The molecule has 0 aromatic heterocycles. The number of nitrogens with one attached hydrogen (secondary N) is 5. The molecule has 0 bridgehead atoms. The second kappa shape index (κ2) is 38.2. The Bertz CT molecular complexity index is 1800. The van der Waals surface area contributed by atoms with Gasteiger partial charge in [0.05, 0.1) is 111 Å². The molecule has 3 rings (SSSR count). The van der Waals surface area contributed by atoms with Crippen LogP contribution in [0, 0.1) is 5.92 Å². The van der Waals surface area contributed by atoms with Gasteiger partial charge in [0.25, 0.3) is 0 Å². The van der Waals surface area contributed by atoms with Crippen LogP contribution in [0.2, 0.25) is 0 Å². The third-order valence-corrected chi connectivity index (χ3v) is 12.9. The van der Waals surface area contributed by atoms with E-state index in [2.05, 4.69) is 26.6 Å². The van der Waals surface area contributed by atoms with E-state index in [1.165, 1.54) is 6.92 Å². The van der Waals surface area contributed by atoms with Crippen LogP contribution in [-0.2, 0) is 81.0 Å². The molecule has 0 radical (unpaired) electrons. The number of methoxy groups -OCH3 is 1. The van der Waals surface area contributed by atoms with E-state index in [-0.39, 0.29) is 91.7 Å². The van der Waals surface area contributed by atoms with Crippen molar-refractivity contribution in [2.45, 2.75) is 119 Å². The number of hydrogen-bond donors (Lipinski definition) is 11. The van der Waals surface area contributed by atoms with Crippen molar-refractivity contribution in [3.8, 4) is 0 Å². The fourth-order valence-corrected chi connectivity index (χ4v) is 8.64. The van der Waals surface area contributed by atoms with E-state index in [9.17, 15) is 69.0 Å². The maximum atomic E-state index is 14.0. The van der Waals surface area contributed by atoms with E-state index in [0.29, 0.717) is 38.3 Å². The number of nitrogens with zero attached hydrogens (tertiary/aromatic N) is 2. The molecule has 2 heterocycles. The quantitative estimate of drug-likeness (QED) is 0.0201. The largest absolute Gasteiger partial charge is 0.394 e. The van der Waals surface area contributed by atoms with Gasteiger partial charge in [-0.1, -0.05) is 0 Å². The van der Waals surface area contributed by atoms with E-state index in [4.69, 9.17) is 42.6 Å². The smallest absolute Gasteiger partial charge is 0.246 e. The number of ether oxygens (including phenoxy) is 9. The lowest BCUT2D eigenvalue weighted by Crippen LogP contribution is -2.64. The first-order valence-corrected chi connectivity index (χ1v) is 26.1. The first kappa shape index (κ1) is 67.8. The summed E-state index contributed by atoms with van der Waals surface area (Å²) in [5, 5.41) is 73.0. The van der Waals surface area contributed by atoms with Gasteiger partial charge in [0, 0.05) is 39.5 Å². The molecule has 0 spiro atoms. The van der Waals surface area contributed by atoms with Crippen LogP contribution < -0.4 is 26.6 Å². The molecule has 1 aliphatic carbocycles. The summed E-state index contributed by atoms with van der Waals surface area (Å²) >= 11 is 0. The van der Waals surface area contributed by atoms with Crippen molar-refractivity contribution >= 4 is 48.0 Å². The summed E-state index contributed by atoms with van der Waals surface area (Å²) in [6.07, 6.45) is -7.50. The molecule has 11 unspecified atom stereocenters. The SMILES string of the molecule is CNC1C(OCCOCCOCCNC(=O)CN(CC=O)C(=O)C(CCC(=O)N(CC=O)CC(=O)NCCOCCOCCOC2OC(CO)C(O)C(O)C2NC(C)=O)NC(=O)C2CCC(OC)CC2)OC(CO)C(O)C1O. The van der Waals surface area contributed by atoms with Crippen LogP contribution in [-0.4, -0.2) is 295 Å². The predicted molar refractivity (Wildman–Crippen MR) is 266 cm³/mol. The van der Waals surface area contributed by atoms with Crippen LogP contribution in [0.3, 0.4) is 0 Å². The summed E-state index contributed by atoms with van der Waals surface area (Å²) in [7, 11) is 3.14. The monoisotopic (exact) mass is 1130 g/mol. The van der Waals surface area contributed by atoms with Gasteiger partial charge in [-0.2, -0.15) is 0 Å². The van der Waals surface area contributed by atoms with Crippen LogP contribution >= 0.6 is 0 Å². The van der Waals surface area contributed by atoms with Crippen LogP contribution in [0.1, 0.15) is 45.4 Å². The molecule has 6 amide bonds. The maximum Gasteiger partial charge on any atom is 0.246 e. The van der Waals surface area contributed by atoms with Crippen molar-refractivity contribution in [1.29, 1.82) is 0 Å². The van der Waals surface area contributed by atoms with Crippen molar-refractivity contribution in [3.63, 3.8) is 0 Å². The molecular weight excluding hydrogens is 1040 g/mol. The fraction of sp³-hybridized carbons (Fsp3) is 0.833. The number of aliphatic hydroxyl groups is 6. The van der Waals surface area contributed by atoms with E-state index >= 15 is 0 Å². The minimum Gasteiger partial charge on any atom is -0.394 e. The van der Waals surface area contributed by atoms with Gasteiger partial charge in [-0.05, 0) is 39.2 Å². The summed E-state index contributed by atoms with van der Waals surface area (Å²) in [6.45, 7) is -1.16. The molecule has 1 saturated carbocycles. The molecule has 78 heavy (non-hydrogen) atoms. The molecule has 30 heteroatoms. The number of aliphatic hydroxyl groups excluding tert-OH is 6. The first-order valence-electron chi connectivity index (χ1n) is 26.1. The van der Waals surface area contributed by atoms with Crippen molar-refractivity contribution < 1.29 is 112 Å². The highest BCUT2D eigenvalue weighted by Gasteiger charge is 2.46. The zero-order valence-corrected chi connectivity index (χ0v) is 44.6. The van der Waals surface area contributed by atoms with E-state index < -0.39 is 155 Å². The Morgan fingerprint density at radius 3 is 1.58 bits per heavy atom. The molecule has 11 N–H and O–H groups in total. The topological polar surface area (TPSA) is 408 Å². The Kier molecular flexibility index (Phi) is 33.2. The minimum atomic E-state index is -1.46. The standard InChI is InChI=1S/C48H83N7O23/c1-30(60)52-40-44(67)42(65)35(29-59)78-48(40)76-25-23-74-21-19-71-16-10-50-36(61)26-54(12-14-56)38(63)9-8-33(53-45(68)31-4-6-32(70-3)7-5-31)46(69)55(13-15-57)27-37(62)51-11-17-72-18-20-73-22-24-75-47-39(49-2)43(66)41(64)34(28-58)77-47/h14-15,31-35,39-44,47-49,58-59,64-67H,4-13,16-29H2,1-3H3,(H,50,61)(H,51,62)(H,52,60)(H,53,68). The predicted octanol–water partition coefficient (Wildman–Crippen LogP) is -7.19.